The number of rotatable bonds is 5. The molecule has 0 bridgehead atoms. The van der Waals surface area contributed by atoms with Gasteiger partial charge in [0.15, 0.2) is 0 Å². The average molecular weight is 268 g/mol. The van der Waals surface area contributed by atoms with Crippen molar-refractivity contribution in [3.8, 4) is 0 Å². The topological polar surface area (TPSA) is 43.8 Å². The lowest BCUT2D eigenvalue weighted by atomic mass is 10.0. The number of likely N-dealkylation sites (tertiary alicyclic amines) is 2. The Labute approximate surface area is 116 Å². The molecule has 2 atom stereocenters. The quantitative estimate of drug-likeness (QED) is 0.829. The number of nitrogens with zero attached hydrogens (tertiary/aromatic N) is 2. The van der Waals surface area contributed by atoms with Gasteiger partial charge in [-0.25, -0.2) is 0 Å². The molecule has 0 aromatic heterocycles. The van der Waals surface area contributed by atoms with Crippen molar-refractivity contribution in [3.63, 3.8) is 0 Å². The summed E-state index contributed by atoms with van der Waals surface area (Å²) in [5.74, 6) is -0.0341. The van der Waals surface area contributed by atoms with E-state index in [2.05, 4.69) is 16.7 Å². The Balaban J connectivity index is 1.75. The summed E-state index contributed by atoms with van der Waals surface area (Å²) >= 11 is 0. The van der Waals surface area contributed by atoms with Gasteiger partial charge in [0.2, 0.25) is 0 Å². The molecule has 0 aliphatic carbocycles. The zero-order valence-corrected chi connectivity index (χ0v) is 12.2. The summed E-state index contributed by atoms with van der Waals surface area (Å²) in [4.78, 5) is 15.8. The Hall–Kier alpha value is -0.610. The van der Waals surface area contributed by atoms with Crippen molar-refractivity contribution in [1.82, 2.24) is 9.80 Å². The van der Waals surface area contributed by atoms with Gasteiger partial charge in [-0.1, -0.05) is 6.92 Å². The highest BCUT2D eigenvalue weighted by Gasteiger charge is 2.29. The highest BCUT2D eigenvalue weighted by molar-refractivity contribution is 5.66. The van der Waals surface area contributed by atoms with Gasteiger partial charge < -0.3 is 14.9 Å². The van der Waals surface area contributed by atoms with Gasteiger partial charge in [0.1, 0.15) is 0 Å². The molecule has 0 aromatic rings. The van der Waals surface area contributed by atoms with Crippen LogP contribution < -0.4 is 0 Å². The summed E-state index contributed by atoms with van der Waals surface area (Å²) in [5, 5.41) is 8.76. The van der Waals surface area contributed by atoms with Crippen LogP contribution in [0.2, 0.25) is 0 Å². The second kappa shape index (κ2) is 7.25. The number of carboxylic acid groups (broad SMARTS) is 1. The third kappa shape index (κ3) is 4.46. The number of hydrogen-bond acceptors (Lipinski definition) is 3. The van der Waals surface area contributed by atoms with Crippen molar-refractivity contribution >= 4 is 5.97 Å². The average Bonchev–Trinajstić information content (AvgIpc) is 2.73. The van der Waals surface area contributed by atoms with Crippen LogP contribution in [-0.2, 0) is 4.79 Å². The van der Waals surface area contributed by atoms with Gasteiger partial charge in [0.25, 0.3) is 0 Å². The predicted octanol–water partition coefficient (Wildman–Crippen LogP) is 2.05. The number of carboxylic acids is 1. The lowest BCUT2D eigenvalue weighted by molar-refractivity contribution is -0.137. The van der Waals surface area contributed by atoms with E-state index in [-0.39, 0.29) is 0 Å². The van der Waals surface area contributed by atoms with Crippen LogP contribution in [-0.4, -0.2) is 59.6 Å². The van der Waals surface area contributed by atoms with Gasteiger partial charge in [0.05, 0.1) is 0 Å². The third-order valence-electron chi connectivity index (χ3n) is 4.84. The van der Waals surface area contributed by atoms with Crippen LogP contribution in [0.25, 0.3) is 0 Å². The van der Waals surface area contributed by atoms with E-state index in [0.717, 1.165) is 19.0 Å². The molecule has 110 valence electrons. The predicted molar refractivity (Wildman–Crippen MR) is 76.3 cm³/mol. The normalized spacial score (nSPS) is 30.4. The lowest BCUT2D eigenvalue weighted by Gasteiger charge is -2.27. The van der Waals surface area contributed by atoms with E-state index >= 15 is 0 Å². The van der Waals surface area contributed by atoms with Gasteiger partial charge in [-0.15, -0.1) is 0 Å². The van der Waals surface area contributed by atoms with E-state index in [1.54, 1.807) is 0 Å². The molecule has 0 radical (unpaired) electrons. The van der Waals surface area contributed by atoms with Crippen molar-refractivity contribution in [1.29, 1.82) is 0 Å². The van der Waals surface area contributed by atoms with E-state index in [1.165, 1.54) is 51.9 Å². The van der Waals surface area contributed by atoms with E-state index in [1.807, 2.05) is 0 Å². The molecule has 0 spiro atoms. The molecular formula is C15H28N2O2. The molecule has 2 rings (SSSR count). The first-order valence-electron chi connectivity index (χ1n) is 7.87. The van der Waals surface area contributed by atoms with Crippen LogP contribution in [0.5, 0.6) is 0 Å². The molecule has 19 heavy (non-hydrogen) atoms. The van der Waals surface area contributed by atoms with Crippen LogP contribution in [0.4, 0.5) is 0 Å². The minimum Gasteiger partial charge on any atom is -0.481 e. The van der Waals surface area contributed by atoms with Gasteiger partial charge in [0, 0.05) is 19.0 Å². The zero-order chi connectivity index (χ0) is 13.7. The zero-order valence-electron chi connectivity index (χ0n) is 12.2. The van der Waals surface area contributed by atoms with Crippen molar-refractivity contribution in [3.05, 3.63) is 0 Å². The van der Waals surface area contributed by atoms with Crippen LogP contribution in [0.15, 0.2) is 0 Å². The first-order chi connectivity index (χ1) is 9.19. The highest BCUT2D eigenvalue weighted by atomic mass is 16.4. The molecule has 2 unspecified atom stereocenters. The van der Waals surface area contributed by atoms with Crippen molar-refractivity contribution in [2.24, 2.45) is 5.92 Å². The van der Waals surface area contributed by atoms with E-state index in [4.69, 9.17) is 5.11 Å². The fourth-order valence-corrected chi connectivity index (χ4v) is 3.58. The van der Waals surface area contributed by atoms with Crippen LogP contribution in [0, 0.1) is 5.92 Å². The molecule has 0 amide bonds. The van der Waals surface area contributed by atoms with Gasteiger partial charge in [-0.05, 0) is 64.2 Å². The maximum absolute atomic E-state index is 10.6. The lowest BCUT2D eigenvalue weighted by Crippen LogP contribution is -2.34. The maximum Gasteiger partial charge on any atom is 0.303 e. The Bertz CT molecular complexity index is 296. The van der Waals surface area contributed by atoms with Crippen LogP contribution in [0.3, 0.4) is 0 Å². The molecule has 0 aromatic carbocycles. The summed E-state index contributed by atoms with van der Waals surface area (Å²) in [7, 11) is 0. The monoisotopic (exact) mass is 268 g/mol. The summed E-state index contributed by atoms with van der Waals surface area (Å²) < 4.78 is 0. The molecular weight excluding hydrogens is 240 g/mol. The Kier molecular flexibility index (Phi) is 5.64. The fourth-order valence-electron chi connectivity index (χ4n) is 3.58. The number of aliphatic carboxylic acids is 1. The largest absolute Gasteiger partial charge is 0.481 e. The summed E-state index contributed by atoms with van der Waals surface area (Å²) in [6.45, 7) is 8.22. The second-order valence-corrected chi connectivity index (χ2v) is 6.10. The number of carbonyl (C=O) groups is 1. The van der Waals surface area contributed by atoms with Gasteiger partial charge in [-0.3, -0.25) is 4.79 Å². The van der Waals surface area contributed by atoms with E-state index in [9.17, 15) is 4.79 Å². The van der Waals surface area contributed by atoms with Crippen LogP contribution >= 0.6 is 0 Å². The molecule has 2 aliphatic rings. The summed E-state index contributed by atoms with van der Waals surface area (Å²) in [6.07, 6.45) is 6.32. The summed E-state index contributed by atoms with van der Waals surface area (Å²) in [5.41, 5.74) is 0. The van der Waals surface area contributed by atoms with E-state index < -0.39 is 5.97 Å². The molecule has 2 saturated heterocycles. The minimum atomic E-state index is -0.647. The minimum absolute atomic E-state index is 0.340. The third-order valence-corrected chi connectivity index (χ3v) is 4.84. The number of hydrogen-bond donors (Lipinski definition) is 1. The second-order valence-electron chi connectivity index (χ2n) is 6.10. The molecule has 4 heteroatoms. The van der Waals surface area contributed by atoms with Gasteiger partial charge >= 0.3 is 5.97 Å². The van der Waals surface area contributed by atoms with Crippen molar-refractivity contribution in [2.45, 2.75) is 51.5 Å². The Morgan fingerprint density at radius 2 is 2.05 bits per heavy atom. The molecule has 2 aliphatic heterocycles. The van der Waals surface area contributed by atoms with Crippen LogP contribution in [0.1, 0.15) is 45.4 Å². The molecule has 2 heterocycles. The first kappa shape index (κ1) is 14.8. The van der Waals surface area contributed by atoms with E-state index in [0.29, 0.717) is 12.3 Å². The maximum atomic E-state index is 10.6. The first-order valence-corrected chi connectivity index (χ1v) is 7.87. The molecule has 1 N–H and O–H groups in total. The summed E-state index contributed by atoms with van der Waals surface area (Å²) in [6, 6.07) is 0.742. The fraction of sp³-hybridized carbons (Fsp3) is 0.933. The molecule has 4 nitrogen and oxygen atoms in total. The molecule has 0 saturated carbocycles. The van der Waals surface area contributed by atoms with Gasteiger partial charge in [-0.2, -0.15) is 0 Å². The Morgan fingerprint density at radius 3 is 2.79 bits per heavy atom. The Morgan fingerprint density at radius 1 is 1.21 bits per heavy atom. The smallest absolute Gasteiger partial charge is 0.303 e. The SMILES string of the molecule is CCN1CCCC(N2CCC(CCC(=O)O)C2)CC1. The highest BCUT2D eigenvalue weighted by Crippen LogP contribution is 2.26. The van der Waals surface area contributed by atoms with Crippen molar-refractivity contribution < 1.29 is 9.90 Å². The van der Waals surface area contributed by atoms with Crippen molar-refractivity contribution in [2.75, 3.05) is 32.7 Å². The molecule has 2 fully saturated rings. The standard InChI is InChI=1S/C15H28N2O2/c1-2-16-9-3-4-14(8-10-16)17-11-7-13(12-17)5-6-15(18)19/h13-14H,2-12H2,1H3,(H,18,19).